The first-order valence-electron chi connectivity index (χ1n) is 5.77. The summed E-state index contributed by atoms with van der Waals surface area (Å²) in [7, 11) is 0. The number of hydrogen-bond acceptors (Lipinski definition) is 7. The number of aromatic nitrogens is 5. The van der Waals surface area contributed by atoms with E-state index in [0.717, 1.165) is 4.88 Å². The van der Waals surface area contributed by atoms with E-state index in [0.29, 0.717) is 24.0 Å². The van der Waals surface area contributed by atoms with Crippen LogP contribution in [0.15, 0.2) is 29.9 Å². The summed E-state index contributed by atoms with van der Waals surface area (Å²) in [6.07, 6.45) is 3.01. The lowest BCUT2D eigenvalue weighted by molar-refractivity contribution is 0.942. The monoisotopic (exact) mass is 283 g/mol. The van der Waals surface area contributed by atoms with Crippen LogP contribution in [0.4, 0.5) is 5.82 Å². The van der Waals surface area contributed by atoms with Crippen molar-refractivity contribution < 1.29 is 0 Å². The number of thiophene rings is 1. The van der Waals surface area contributed by atoms with E-state index in [1.165, 1.54) is 12.4 Å². The molecule has 0 unspecified atom stereocenters. The maximum atomic E-state index is 8.92. The van der Waals surface area contributed by atoms with Crippen molar-refractivity contribution in [2.45, 2.75) is 6.54 Å². The molecule has 98 valence electrons. The summed E-state index contributed by atoms with van der Waals surface area (Å²) in [5.74, 6) is 1.77. The third-order valence-electron chi connectivity index (χ3n) is 2.50. The van der Waals surface area contributed by atoms with Gasteiger partial charge in [-0.15, -0.1) is 11.3 Å². The van der Waals surface area contributed by atoms with Crippen molar-refractivity contribution in [1.82, 2.24) is 25.1 Å². The Morgan fingerprint density at radius 1 is 1.35 bits per heavy atom. The molecule has 0 saturated carbocycles. The Balaban J connectivity index is 1.72. The molecule has 0 aromatic carbocycles. The number of aromatic amines is 1. The highest BCUT2D eigenvalue weighted by Crippen LogP contribution is 2.20. The molecule has 3 heterocycles. The van der Waals surface area contributed by atoms with E-state index in [-0.39, 0.29) is 5.69 Å². The van der Waals surface area contributed by atoms with Gasteiger partial charge >= 0.3 is 0 Å². The maximum absolute atomic E-state index is 8.92. The second-order valence-electron chi connectivity index (χ2n) is 3.80. The lowest BCUT2D eigenvalue weighted by atomic mass is 10.4. The Kier molecular flexibility index (Phi) is 3.34. The summed E-state index contributed by atoms with van der Waals surface area (Å²) >= 11 is 1.58. The minimum atomic E-state index is 0.255. The van der Waals surface area contributed by atoms with E-state index in [9.17, 15) is 0 Å². The first kappa shape index (κ1) is 12.3. The molecule has 20 heavy (non-hydrogen) atoms. The van der Waals surface area contributed by atoms with Crippen molar-refractivity contribution in [2.75, 3.05) is 5.32 Å². The number of anilines is 1. The van der Waals surface area contributed by atoms with Gasteiger partial charge in [-0.2, -0.15) is 10.4 Å². The van der Waals surface area contributed by atoms with Gasteiger partial charge in [-0.25, -0.2) is 15.0 Å². The molecule has 0 aliphatic rings. The Bertz CT molecular complexity index is 741. The first-order valence-corrected chi connectivity index (χ1v) is 6.65. The van der Waals surface area contributed by atoms with E-state index in [4.69, 9.17) is 5.26 Å². The molecular formula is C12H9N7S. The zero-order chi connectivity index (χ0) is 13.8. The van der Waals surface area contributed by atoms with Crippen LogP contribution in [0.5, 0.6) is 0 Å². The summed E-state index contributed by atoms with van der Waals surface area (Å²) in [4.78, 5) is 13.4. The van der Waals surface area contributed by atoms with E-state index in [1.807, 2.05) is 23.6 Å². The van der Waals surface area contributed by atoms with Crippen molar-refractivity contribution >= 4 is 17.2 Å². The Morgan fingerprint density at radius 2 is 2.25 bits per heavy atom. The standard InChI is InChI=1S/C12H9N7S/c13-6-8-11(15-4-3-14-8)16-7-10-17-12(19-18-10)9-2-1-5-20-9/h1-5H,7H2,(H,15,16)(H,17,18,19). The van der Waals surface area contributed by atoms with Crippen LogP contribution in [0.2, 0.25) is 0 Å². The van der Waals surface area contributed by atoms with Gasteiger partial charge in [-0.3, -0.25) is 5.10 Å². The van der Waals surface area contributed by atoms with Gasteiger partial charge in [0.25, 0.3) is 0 Å². The van der Waals surface area contributed by atoms with Gasteiger partial charge in [-0.1, -0.05) is 6.07 Å². The largest absolute Gasteiger partial charge is 0.360 e. The molecule has 0 saturated heterocycles. The van der Waals surface area contributed by atoms with Gasteiger partial charge in [0.15, 0.2) is 17.3 Å². The topological polar surface area (TPSA) is 103 Å². The summed E-state index contributed by atoms with van der Waals surface area (Å²) in [6, 6.07) is 5.89. The summed E-state index contributed by atoms with van der Waals surface area (Å²) in [5, 5.41) is 20.9. The number of nitrogens with one attached hydrogen (secondary N) is 2. The van der Waals surface area contributed by atoms with Gasteiger partial charge in [0.05, 0.1) is 11.4 Å². The molecule has 0 aliphatic carbocycles. The molecule has 2 N–H and O–H groups in total. The number of nitriles is 1. The van der Waals surface area contributed by atoms with Gasteiger partial charge in [-0.05, 0) is 11.4 Å². The van der Waals surface area contributed by atoms with Crippen molar-refractivity contribution in [1.29, 1.82) is 5.26 Å². The lowest BCUT2D eigenvalue weighted by Gasteiger charge is -2.03. The van der Waals surface area contributed by atoms with Crippen LogP contribution in [0.1, 0.15) is 11.5 Å². The molecule has 0 radical (unpaired) electrons. The fraction of sp³-hybridized carbons (Fsp3) is 0.0833. The molecule has 0 spiro atoms. The predicted molar refractivity (Wildman–Crippen MR) is 73.8 cm³/mol. The van der Waals surface area contributed by atoms with Crippen LogP contribution >= 0.6 is 11.3 Å². The van der Waals surface area contributed by atoms with Gasteiger partial charge < -0.3 is 5.32 Å². The molecule has 0 atom stereocenters. The Labute approximate surface area is 118 Å². The second-order valence-corrected chi connectivity index (χ2v) is 4.75. The van der Waals surface area contributed by atoms with Crippen molar-refractivity contribution in [3.8, 4) is 16.8 Å². The van der Waals surface area contributed by atoms with E-state index in [2.05, 4.69) is 30.5 Å². The van der Waals surface area contributed by atoms with E-state index < -0.39 is 0 Å². The molecule has 3 aromatic heterocycles. The predicted octanol–water partition coefficient (Wildman–Crippen LogP) is 1.81. The number of nitrogens with zero attached hydrogens (tertiary/aromatic N) is 5. The first-order chi connectivity index (χ1) is 9.86. The second kappa shape index (κ2) is 5.46. The molecular weight excluding hydrogens is 274 g/mol. The Morgan fingerprint density at radius 3 is 3.05 bits per heavy atom. The number of hydrogen-bond donors (Lipinski definition) is 2. The zero-order valence-electron chi connectivity index (χ0n) is 10.2. The smallest absolute Gasteiger partial charge is 0.191 e. The SMILES string of the molecule is N#Cc1nccnc1NCc1nc(-c2cccs2)n[nH]1. The third kappa shape index (κ3) is 2.48. The fourth-order valence-electron chi connectivity index (χ4n) is 1.61. The van der Waals surface area contributed by atoms with E-state index >= 15 is 0 Å². The average molecular weight is 283 g/mol. The van der Waals surface area contributed by atoms with Gasteiger partial charge in [0, 0.05) is 12.4 Å². The van der Waals surface area contributed by atoms with Gasteiger partial charge in [0.2, 0.25) is 0 Å². The molecule has 0 bridgehead atoms. The van der Waals surface area contributed by atoms with Crippen LogP contribution in [-0.2, 0) is 6.54 Å². The minimum Gasteiger partial charge on any atom is -0.360 e. The van der Waals surface area contributed by atoms with Crippen LogP contribution in [0.3, 0.4) is 0 Å². The van der Waals surface area contributed by atoms with Gasteiger partial charge in [0.1, 0.15) is 11.9 Å². The minimum absolute atomic E-state index is 0.255. The fourth-order valence-corrected chi connectivity index (χ4v) is 2.26. The highest BCUT2D eigenvalue weighted by molar-refractivity contribution is 7.13. The maximum Gasteiger partial charge on any atom is 0.191 e. The zero-order valence-corrected chi connectivity index (χ0v) is 11.1. The average Bonchev–Trinajstić information content (AvgIpc) is 3.16. The van der Waals surface area contributed by atoms with Crippen LogP contribution in [-0.4, -0.2) is 25.1 Å². The Hall–Kier alpha value is -2.79. The number of H-pyrrole nitrogens is 1. The summed E-state index contributed by atoms with van der Waals surface area (Å²) in [5.41, 5.74) is 0.255. The van der Waals surface area contributed by atoms with Crippen LogP contribution in [0, 0.1) is 11.3 Å². The lowest BCUT2D eigenvalue weighted by Crippen LogP contribution is -2.05. The molecule has 0 aliphatic heterocycles. The van der Waals surface area contributed by atoms with Crippen LogP contribution in [0.25, 0.3) is 10.7 Å². The van der Waals surface area contributed by atoms with E-state index in [1.54, 1.807) is 11.3 Å². The molecule has 8 heteroatoms. The van der Waals surface area contributed by atoms with Crippen LogP contribution < -0.4 is 5.32 Å². The molecule has 0 fully saturated rings. The summed E-state index contributed by atoms with van der Waals surface area (Å²) in [6.45, 7) is 0.395. The quantitative estimate of drug-likeness (QED) is 0.756. The normalized spacial score (nSPS) is 10.2. The molecule has 3 rings (SSSR count). The number of rotatable bonds is 4. The highest BCUT2D eigenvalue weighted by atomic mass is 32.1. The third-order valence-corrected chi connectivity index (χ3v) is 3.37. The molecule has 7 nitrogen and oxygen atoms in total. The highest BCUT2D eigenvalue weighted by Gasteiger charge is 2.08. The summed E-state index contributed by atoms with van der Waals surface area (Å²) < 4.78 is 0. The van der Waals surface area contributed by atoms with Crippen molar-refractivity contribution in [3.05, 3.63) is 41.4 Å². The van der Waals surface area contributed by atoms with Crippen molar-refractivity contribution in [2.24, 2.45) is 0 Å². The van der Waals surface area contributed by atoms with Crippen molar-refractivity contribution in [3.63, 3.8) is 0 Å². The molecule has 0 amide bonds. The molecule has 3 aromatic rings.